The molecule has 2 aromatic carbocycles. The lowest BCUT2D eigenvalue weighted by atomic mass is 10.0. The molecule has 0 heterocycles. The molecule has 19 heavy (non-hydrogen) atoms. The molecule has 2 rings (SSSR count). The highest BCUT2D eigenvalue weighted by molar-refractivity contribution is 5.28. The van der Waals surface area contributed by atoms with Crippen LogP contribution < -0.4 is 0 Å². The van der Waals surface area contributed by atoms with Crippen LogP contribution >= 0.6 is 0 Å². The second kappa shape index (κ2) is 7.13. The predicted molar refractivity (Wildman–Crippen MR) is 85.9 cm³/mol. The summed E-state index contributed by atoms with van der Waals surface area (Å²) < 4.78 is 0. The van der Waals surface area contributed by atoms with Gasteiger partial charge in [-0.1, -0.05) is 67.4 Å². The Kier molecular flexibility index (Phi) is 5.82. The van der Waals surface area contributed by atoms with Gasteiger partial charge >= 0.3 is 0 Å². The van der Waals surface area contributed by atoms with Gasteiger partial charge in [0.05, 0.1) is 0 Å². The minimum atomic E-state index is 0.653. The molecule has 0 amide bonds. The maximum absolute atomic E-state index is 2.21. The van der Waals surface area contributed by atoms with E-state index in [9.17, 15) is 0 Å². The minimum absolute atomic E-state index is 0.653. The molecule has 0 bridgehead atoms. The van der Waals surface area contributed by atoms with E-state index in [0.717, 1.165) is 0 Å². The summed E-state index contributed by atoms with van der Waals surface area (Å²) in [6, 6.07) is 15.2. The maximum atomic E-state index is 2.21. The van der Waals surface area contributed by atoms with Crippen molar-refractivity contribution in [3.8, 4) is 0 Å². The van der Waals surface area contributed by atoms with Gasteiger partial charge in [0, 0.05) is 0 Å². The van der Waals surface area contributed by atoms with Crippen LogP contribution in [0, 0.1) is 27.7 Å². The smallest absolute Gasteiger partial charge is 0.0219 e. The Hall–Kier alpha value is -1.56. The molecule has 0 fully saturated rings. The van der Waals surface area contributed by atoms with Gasteiger partial charge in [0.15, 0.2) is 0 Å². The zero-order valence-electron chi connectivity index (χ0n) is 13.1. The average molecular weight is 254 g/mol. The van der Waals surface area contributed by atoms with Gasteiger partial charge in [-0.05, 0) is 50.3 Å². The first-order valence-corrected chi connectivity index (χ1v) is 7.00. The van der Waals surface area contributed by atoms with Crippen molar-refractivity contribution in [1.82, 2.24) is 0 Å². The fourth-order valence-electron chi connectivity index (χ4n) is 1.84. The highest BCUT2D eigenvalue weighted by Gasteiger charge is 1.95. The van der Waals surface area contributed by atoms with Crippen molar-refractivity contribution in [3.63, 3.8) is 0 Å². The predicted octanol–water partition coefficient (Wildman–Crippen LogP) is 5.73. The van der Waals surface area contributed by atoms with Crippen LogP contribution in [0.2, 0.25) is 0 Å². The van der Waals surface area contributed by atoms with E-state index in [-0.39, 0.29) is 0 Å². The molecule has 0 aliphatic carbocycles. The van der Waals surface area contributed by atoms with Gasteiger partial charge in [-0.3, -0.25) is 0 Å². The average Bonchev–Trinajstić information content (AvgIpc) is 2.35. The van der Waals surface area contributed by atoms with E-state index in [1.807, 2.05) is 0 Å². The SMILES string of the molecule is Cc1ccc(C(C)C)cc1.Cc1ccc(C)c(C)c1. The van der Waals surface area contributed by atoms with Crippen molar-refractivity contribution < 1.29 is 0 Å². The molecule has 0 saturated heterocycles. The fourth-order valence-corrected chi connectivity index (χ4v) is 1.84. The molecule has 0 aliphatic heterocycles. The maximum Gasteiger partial charge on any atom is -0.0219 e. The van der Waals surface area contributed by atoms with Gasteiger partial charge in [0.25, 0.3) is 0 Å². The standard InChI is InChI=1S/C10H14.C9H12/c1-8(2)10-6-4-9(3)5-7-10;1-7-4-5-8(2)9(3)6-7/h4-8H,1-3H3;4-6H,1-3H3. The molecule has 0 spiro atoms. The van der Waals surface area contributed by atoms with E-state index in [2.05, 4.69) is 84.0 Å². The largest absolute Gasteiger partial charge is 0.0590 e. The van der Waals surface area contributed by atoms with Crippen molar-refractivity contribution in [2.45, 2.75) is 47.5 Å². The number of aryl methyl sites for hydroxylation is 4. The number of rotatable bonds is 1. The van der Waals surface area contributed by atoms with E-state index in [4.69, 9.17) is 0 Å². The number of benzene rings is 2. The third-order valence-corrected chi connectivity index (χ3v) is 3.41. The van der Waals surface area contributed by atoms with Crippen LogP contribution in [0.4, 0.5) is 0 Å². The Labute approximate surface area is 118 Å². The summed E-state index contributed by atoms with van der Waals surface area (Å²) in [5, 5.41) is 0. The minimum Gasteiger partial charge on any atom is -0.0590 e. The van der Waals surface area contributed by atoms with Crippen molar-refractivity contribution in [3.05, 3.63) is 70.3 Å². The second-order valence-corrected chi connectivity index (χ2v) is 5.65. The van der Waals surface area contributed by atoms with Gasteiger partial charge in [-0.2, -0.15) is 0 Å². The lowest BCUT2D eigenvalue weighted by Gasteiger charge is -2.03. The fraction of sp³-hybridized carbons (Fsp3) is 0.368. The molecule has 0 radical (unpaired) electrons. The molecular weight excluding hydrogens is 228 g/mol. The number of hydrogen-bond acceptors (Lipinski definition) is 0. The van der Waals surface area contributed by atoms with Gasteiger partial charge in [-0.25, -0.2) is 0 Å². The Morgan fingerprint density at radius 3 is 1.58 bits per heavy atom. The van der Waals surface area contributed by atoms with Crippen LogP contribution in [0.3, 0.4) is 0 Å². The molecule has 0 N–H and O–H groups in total. The quantitative estimate of drug-likeness (QED) is 0.609. The molecule has 0 saturated carbocycles. The van der Waals surface area contributed by atoms with Crippen LogP contribution in [0.5, 0.6) is 0 Å². The van der Waals surface area contributed by atoms with E-state index in [1.54, 1.807) is 0 Å². The van der Waals surface area contributed by atoms with Crippen molar-refractivity contribution in [2.75, 3.05) is 0 Å². The molecule has 0 heteroatoms. The van der Waals surface area contributed by atoms with Crippen molar-refractivity contribution in [1.29, 1.82) is 0 Å². The van der Waals surface area contributed by atoms with Crippen LogP contribution in [0.15, 0.2) is 42.5 Å². The Morgan fingerprint density at radius 2 is 1.16 bits per heavy atom. The van der Waals surface area contributed by atoms with Crippen molar-refractivity contribution in [2.24, 2.45) is 0 Å². The highest BCUT2D eigenvalue weighted by Crippen LogP contribution is 2.13. The summed E-state index contributed by atoms with van der Waals surface area (Å²) in [6.45, 7) is 12.9. The summed E-state index contributed by atoms with van der Waals surface area (Å²) in [7, 11) is 0. The van der Waals surface area contributed by atoms with Gasteiger partial charge in [0.1, 0.15) is 0 Å². The van der Waals surface area contributed by atoms with Gasteiger partial charge in [0.2, 0.25) is 0 Å². The zero-order valence-corrected chi connectivity index (χ0v) is 13.1. The van der Waals surface area contributed by atoms with Crippen LogP contribution in [0.25, 0.3) is 0 Å². The third-order valence-electron chi connectivity index (χ3n) is 3.41. The Morgan fingerprint density at radius 1 is 0.632 bits per heavy atom. The van der Waals surface area contributed by atoms with Gasteiger partial charge in [-0.15, -0.1) is 0 Å². The molecule has 0 aromatic heterocycles. The first kappa shape index (κ1) is 15.5. The molecule has 2 aromatic rings. The summed E-state index contributed by atoms with van der Waals surface area (Å²) in [5.74, 6) is 0.653. The van der Waals surface area contributed by atoms with E-state index in [1.165, 1.54) is 27.8 Å². The monoisotopic (exact) mass is 254 g/mol. The van der Waals surface area contributed by atoms with Crippen molar-refractivity contribution >= 4 is 0 Å². The van der Waals surface area contributed by atoms with Crippen LogP contribution in [-0.2, 0) is 0 Å². The summed E-state index contributed by atoms with van der Waals surface area (Å²) in [5.41, 5.74) is 6.86. The van der Waals surface area contributed by atoms with E-state index < -0.39 is 0 Å². The van der Waals surface area contributed by atoms with E-state index in [0.29, 0.717) is 5.92 Å². The first-order valence-electron chi connectivity index (χ1n) is 7.00. The van der Waals surface area contributed by atoms with Gasteiger partial charge < -0.3 is 0 Å². The Bertz CT molecular complexity index is 504. The lowest BCUT2D eigenvalue weighted by Crippen LogP contribution is -1.85. The topological polar surface area (TPSA) is 0 Å². The third kappa shape index (κ3) is 5.30. The number of hydrogen-bond donors (Lipinski definition) is 0. The molecule has 0 nitrogen and oxygen atoms in total. The highest BCUT2D eigenvalue weighted by atomic mass is 14.0. The first-order chi connectivity index (χ1) is 8.90. The molecule has 0 atom stereocenters. The summed E-state index contributed by atoms with van der Waals surface area (Å²) in [4.78, 5) is 0. The van der Waals surface area contributed by atoms with E-state index >= 15 is 0 Å². The molecule has 102 valence electrons. The molecule has 0 aliphatic rings. The zero-order chi connectivity index (χ0) is 14.4. The Balaban J connectivity index is 0.000000191. The lowest BCUT2D eigenvalue weighted by molar-refractivity contribution is 0.866. The molecular formula is C19H26. The summed E-state index contributed by atoms with van der Waals surface area (Å²) >= 11 is 0. The van der Waals surface area contributed by atoms with Crippen LogP contribution in [-0.4, -0.2) is 0 Å². The summed E-state index contributed by atoms with van der Waals surface area (Å²) in [6.07, 6.45) is 0. The second-order valence-electron chi connectivity index (χ2n) is 5.65. The van der Waals surface area contributed by atoms with Crippen LogP contribution in [0.1, 0.15) is 47.6 Å². The molecule has 0 unspecified atom stereocenters. The normalized spacial score (nSPS) is 10.1.